The largest absolute Gasteiger partial charge is 0 e. The summed E-state index contributed by atoms with van der Waals surface area (Å²) in [5.74, 6) is 10.9. The van der Waals surface area contributed by atoms with Crippen LogP contribution in [0.4, 0.5) is 0 Å². The van der Waals surface area contributed by atoms with Crippen molar-refractivity contribution in [2.75, 3.05) is 0 Å². The molecule has 0 unspecified atom stereocenters. The third-order valence-electron chi connectivity index (χ3n) is 2.92. The van der Waals surface area contributed by atoms with Gasteiger partial charge in [-0.2, -0.15) is 0 Å². The Hall–Kier alpha value is -3.87. The molecule has 2 atom stereocenters. The summed E-state index contributed by atoms with van der Waals surface area (Å²) in [5, 5.41) is 19.7. The molecule has 0 amide bonds. The van der Waals surface area contributed by atoms with Crippen molar-refractivity contribution < 1.29 is 133 Å². The average Bonchev–Trinajstić information content (AvgIpc) is 3.23. The van der Waals surface area contributed by atoms with Crippen LogP contribution in [0.25, 0.3) is 0 Å². The summed E-state index contributed by atoms with van der Waals surface area (Å²) in [6, 6.07) is 18.5. The fourth-order valence-corrected chi connectivity index (χ4v) is 1.77. The molecule has 2 aromatic rings. The molecule has 0 bridgehead atoms. The maximum Gasteiger partial charge on any atom is 0 e. The van der Waals surface area contributed by atoms with Crippen LogP contribution in [0.3, 0.4) is 0 Å². The molecule has 0 aromatic heterocycles. The van der Waals surface area contributed by atoms with Gasteiger partial charge in [0.25, 0.3) is 0 Å². The summed E-state index contributed by atoms with van der Waals surface area (Å²) < 4.78 is 90.0. The standard InChI is InChI=1S/C20H16O2.12CO.4Co/c21-19(17-11-5-3-6-12-17)15-9-1-2-10-16-20(22)18-13-7-4-8-14-18;12*1-2;;;;/h1-8,11-14,19-22H;;;;;;;;;;;;;;;;/b2-1-;;;;;;;;;;;;;;;;/t19-,20+;;;;;;;;;;;;;;;;. The van der Waals surface area contributed by atoms with Gasteiger partial charge in [0.2, 0.25) is 0 Å². The Morgan fingerprint density at radius 1 is 0.360 bits per heavy atom. The minimum Gasteiger partial charge on any atom is 0 e. The first-order chi connectivity index (χ1) is 22.8. The SMILES string of the molecule is O[C@H](C#C/C=C\C#C[C@H](O)c1ccccc1)c1ccccc1.[C-]#[O+].[C-]#[O+].[C-]#[O+].[C-]#[O+].[C-]#[O+].[C-]#[O+].[C-]#[O+].[C-]#[O+].[C-]#[O+].[C-]#[O+].[C-]#[O+].[C-]#[O+].[Co].[Co].[Co].[Co]. The topological polar surface area (TPSA) is 279 Å². The van der Waals surface area contributed by atoms with E-state index >= 15 is 0 Å². The third-order valence-corrected chi connectivity index (χ3v) is 2.92. The maximum absolute atomic E-state index is 9.83. The van der Waals surface area contributed by atoms with Crippen LogP contribution < -0.4 is 0 Å². The molecule has 18 heteroatoms. The number of hydrogen-bond acceptors (Lipinski definition) is 2. The number of rotatable bonds is 2. The van der Waals surface area contributed by atoms with Crippen molar-refractivity contribution in [3.8, 4) is 23.7 Å². The summed E-state index contributed by atoms with van der Waals surface area (Å²) in [6.45, 7) is 54.0. The second-order valence-corrected chi connectivity index (χ2v) is 4.54. The molecular formula is C32H16Co4O14. The van der Waals surface area contributed by atoms with Crippen molar-refractivity contribution >= 4 is 0 Å². The van der Waals surface area contributed by atoms with Crippen LogP contribution in [-0.2, 0) is 123 Å². The first kappa shape index (κ1) is 97.0. The number of aliphatic hydroxyl groups is 2. The van der Waals surface area contributed by atoms with E-state index in [4.69, 9.17) is 55.8 Å². The van der Waals surface area contributed by atoms with Gasteiger partial charge in [-0.25, -0.2) is 0 Å². The minimum absolute atomic E-state index is 0. The summed E-state index contributed by atoms with van der Waals surface area (Å²) in [6.07, 6.45) is 1.48. The third kappa shape index (κ3) is 96.7. The van der Waals surface area contributed by atoms with Crippen molar-refractivity contribution in [3.63, 3.8) is 0 Å². The smallest absolute Gasteiger partial charge is 0 e. The summed E-state index contributed by atoms with van der Waals surface area (Å²) >= 11 is 0. The van der Waals surface area contributed by atoms with E-state index in [9.17, 15) is 10.2 Å². The van der Waals surface area contributed by atoms with E-state index < -0.39 is 12.2 Å². The molecule has 0 spiro atoms. The van der Waals surface area contributed by atoms with Gasteiger partial charge in [0.1, 0.15) is 12.2 Å². The quantitative estimate of drug-likeness (QED) is 0.262. The van der Waals surface area contributed by atoms with E-state index in [0.29, 0.717) is 0 Å². The monoisotopic (exact) mass is 860 g/mol. The van der Waals surface area contributed by atoms with E-state index in [0.717, 1.165) is 11.1 Å². The number of aliphatic hydroxyl groups excluding tert-OH is 2. The van der Waals surface area contributed by atoms with Gasteiger partial charge in [0, 0.05) is 67.1 Å². The molecule has 0 aliphatic heterocycles. The van der Waals surface area contributed by atoms with Gasteiger partial charge >= 0.3 is 136 Å². The predicted octanol–water partition coefficient (Wildman–Crippen LogP) is 2.56. The van der Waals surface area contributed by atoms with Gasteiger partial charge in [0.05, 0.1) is 0 Å². The fourth-order valence-electron chi connectivity index (χ4n) is 1.77. The van der Waals surface area contributed by atoms with E-state index in [2.05, 4.69) is 103 Å². The van der Waals surface area contributed by atoms with Gasteiger partial charge < -0.3 is 10.2 Å². The van der Waals surface area contributed by atoms with Crippen molar-refractivity contribution in [2.45, 2.75) is 12.2 Å². The van der Waals surface area contributed by atoms with Gasteiger partial charge in [-0.1, -0.05) is 84.3 Å². The van der Waals surface area contributed by atoms with Crippen molar-refractivity contribution in [1.82, 2.24) is 0 Å². The maximum atomic E-state index is 9.83. The Kier molecular flexibility index (Phi) is 293. The Morgan fingerprint density at radius 3 is 0.680 bits per heavy atom. The van der Waals surface area contributed by atoms with Crippen LogP contribution in [0, 0.1) is 103 Å². The van der Waals surface area contributed by atoms with Crippen LogP contribution in [0.15, 0.2) is 72.8 Å². The van der Waals surface area contributed by atoms with Gasteiger partial charge in [0.15, 0.2) is 0 Å². The molecule has 2 rings (SSSR count). The zero-order valence-corrected chi connectivity index (χ0v) is 28.4. The van der Waals surface area contributed by atoms with E-state index in [-0.39, 0.29) is 67.1 Å². The Bertz CT molecular complexity index is 1090. The van der Waals surface area contributed by atoms with E-state index in [1.807, 2.05) is 60.7 Å². The molecule has 4 radical (unpaired) electrons. The molecule has 0 aliphatic rings. The first-order valence-electron chi connectivity index (χ1n) is 9.35. The summed E-state index contributed by atoms with van der Waals surface area (Å²) in [5.41, 5.74) is 1.52. The van der Waals surface area contributed by atoms with Crippen LogP contribution >= 0.6 is 0 Å². The molecule has 14 nitrogen and oxygen atoms in total. The molecule has 0 saturated heterocycles. The molecule has 0 aliphatic carbocycles. The predicted molar refractivity (Wildman–Crippen MR) is 135 cm³/mol. The Labute approximate surface area is 331 Å². The zero-order chi connectivity index (χ0) is 39.6. The molecule has 2 N–H and O–H groups in total. The average molecular weight is 860 g/mol. The van der Waals surface area contributed by atoms with Crippen LogP contribution in [0.5, 0.6) is 0 Å². The summed E-state index contributed by atoms with van der Waals surface area (Å²) in [4.78, 5) is 0. The molecular weight excluding hydrogens is 844 g/mol. The van der Waals surface area contributed by atoms with Crippen LogP contribution in [0.2, 0.25) is 0 Å². The van der Waals surface area contributed by atoms with E-state index in [1.165, 1.54) is 0 Å². The molecule has 0 heterocycles. The molecule has 264 valence electrons. The Balaban J connectivity index is -0.0000000288. The second kappa shape index (κ2) is 151. The van der Waals surface area contributed by atoms with Crippen LogP contribution in [0.1, 0.15) is 23.3 Å². The molecule has 50 heavy (non-hydrogen) atoms. The number of allylic oxidation sites excluding steroid dienone is 2. The van der Waals surface area contributed by atoms with Crippen LogP contribution in [-0.4, -0.2) is 10.2 Å². The van der Waals surface area contributed by atoms with Crippen molar-refractivity contribution in [1.29, 1.82) is 0 Å². The molecule has 2 aromatic carbocycles. The van der Waals surface area contributed by atoms with Crippen molar-refractivity contribution in [3.05, 3.63) is 164 Å². The second-order valence-electron chi connectivity index (χ2n) is 4.54. The number of hydrogen-bond donors (Lipinski definition) is 2. The summed E-state index contributed by atoms with van der Waals surface area (Å²) in [7, 11) is 0. The van der Waals surface area contributed by atoms with Gasteiger partial charge in [-0.3, -0.25) is 0 Å². The van der Waals surface area contributed by atoms with Gasteiger partial charge in [-0.15, -0.1) is 0 Å². The Morgan fingerprint density at radius 2 is 0.520 bits per heavy atom. The molecule has 0 saturated carbocycles. The van der Waals surface area contributed by atoms with Gasteiger partial charge in [-0.05, 0) is 23.3 Å². The first-order valence-corrected chi connectivity index (χ1v) is 9.35. The normalized spacial score (nSPS) is 6.04. The minimum atomic E-state index is -0.811. The van der Waals surface area contributed by atoms with E-state index in [1.54, 1.807) is 12.2 Å². The zero-order valence-electron chi connectivity index (χ0n) is 24.2. The molecule has 0 fully saturated rings. The number of benzene rings is 2. The van der Waals surface area contributed by atoms with Crippen molar-refractivity contribution in [2.24, 2.45) is 0 Å². The fraction of sp³-hybridized carbons (Fsp3) is 0.0625.